The fourth-order valence-electron chi connectivity index (χ4n) is 0.725. The van der Waals surface area contributed by atoms with E-state index in [0.717, 1.165) is 13.1 Å². The molecule has 0 unspecified atom stereocenters. The molecule has 0 rings (SSSR count). The fourth-order valence-corrected chi connectivity index (χ4v) is 0.725. The van der Waals surface area contributed by atoms with Crippen LogP contribution in [0.4, 0.5) is 0 Å². The van der Waals surface area contributed by atoms with Gasteiger partial charge in [-0.15, -0.1) is 0 Å². The lowest BCUT2D eigenvalue weighted by Crippen LogP contribution is -2.40. The molecule has 2 nitrogen and oxygen atoms in total. The van der Waals surface area contributed by atoms with E-state index >= 15 is 0 Å². The van der Waals surface area contributed by atoms with Crippen LogP contribution < -0.4 is 5.32 Å². The highest BCUT2D eigenvalue weighted by Crippen LogP contribution is 1.87. The van der Waals surface area contributed by atoms with Crippen LogP contribution in [0.25, 0.3) is 0 Å². The van der Waals surface area contributed by atoms with Crippen LogP contribution in [0.5, 0.6) is 0 Å². The van der Waals surface area contributed by atoms with E-state index in [0.29, 0.717) is 6.17 Å². The SMILES string of the molecule is CCN[C@H](C)N(C)CC. The molecule has 0 aromatic heterocycles. The molecule has 0 spiro atoms. The molecule has 0 heterocycles. The summed E-state index contributed by atoms with van der Waals surface area (Å²) in [5.41, 5.74) is 0. The Labute approximate surface area is 58.2 Å². The Morgan fingerprint density at radius 1 is 1.44 bits per heavy atom. The van der Waals surface area contributed by atoms with Gasteiger partial charge in [0.05, 0.1) is 6.17 Å². The van der Waals surface area contributed by atoms with Gasteiger partial charge in [0.15, 0.2) is 0 Å². The van der Waals surface area contributed by atoms with Crippen LogP contribution in [0.2, 0.25) is 0 Å². The van der Waals surface area contributed by atoms with Crippen molar-refractivity contribution < 1.29 is 0 Å². The second-order valence-electron chi connectivity index (χ2n) is 2.31. The van der Waals surface area contributed by atoms with Gasteiger partial charge in [0.25, 0.3) is 0 Å². The quantitative estimate of drug-likeness (QED) is 0.569. The molecule has 56 valence electrons. The van der Waals surface area contributed by atoms with E-state index in [1.807, 2.05) is 0 Å². The zero-order chi connectivity index (χ0) is 7.28. The first-order chi connectivity index (χ1) is 4.22. The molecule has 0 aliphatic carbocycles. The van der Waals surface area contributed by atoms with Crippen molar-refractivity contribution in [2.75, 3.05) is 20.1 Å². The molecular weight excluding hydrogens is 112 g/mol. The molecule has 0 aliphatic rings. The number of nitrogens with zero attached hydrogens (tertiary/aromatic N) is 1. The molecule has 9 heavy (non-hydrogen) atoms. The van der Waals surface area contributed by atoms with Crippen LogP contribution >= 0.6 is 0 Å². The van der Waals surface area contributed by atoms with Crippen molar-refractivity contribution in [1.82, 2.24) is 10.2 Å². The third-order valence-electron chi connectivity index (χ3n) is 1.66. The van der Waals surface area contributed by atoms with Crippen molar-refractivity contribution >= 4 is 0 Å². The largest absolute Gasteiger partial charge is 0.302 e. The first-order valence-electron chi connectivity index (χ1n) is 3.66. The van der Waals surface area contributed by atoms with Gasteiger partial charge in [-0.3, -0.25) is 4.90 Å². The Hall–Kier alpha value is -0.0800. The van der Waals surface area contributed by atoms with Crippen molar-refractivity contribution in [3.05, 3.63) is 0 Å². The highest BCUT2D eigenvalue weighted by molar-refractivity contribution is 4.56. The highest BCUT2D eigenvalue weighted by Gasteiger charge is 2.02. The van der Waals surface area contributed by atoms with E-state index in [1.165, 1.54) is 0 Å². The van der Waals surface area contributed by atoms with Gasteiger partial charge in [-0.05, 0) is 27.1 Å². The minimum Gasteiger partial charge on any atom is -0.302 e. The Morgan fingerprint density at radius 3 is 2.33 bits per heavy atom. The molecule has 0 saturated heterocycles. The Balaban J connectivity index is 3.32. The molecule has 1 atom stereocenters. The normalized spacial score (nSPS) is 14.3. The summed E-state index contributed by atoms with van der Waals surface area (Å²) in [5, 5.41) is 3.32. The van der Waals surface area contributed by atoms with Crippen LogP contribution in [0.3, 0.4) is 0 Å². The third-order valence-corrected chi connectivity index (χ3v) is 1.66. The number of hydrogen-bond donors (Lipinski definition) is 1. The van der Waals surface area contributed by atoms with Gasteiger partial charge in [-0.1, -0.05) is 13.8 Å². The van der Waals surface area contributed by atoms with Gasteiger partial charge < -0.3 is 5.32 Å². The summed E-state index contributed by atoms with van der Waals surface area (Å²) in [5.74, 6) is 0. The average Bonchev–Trinajstić information content (AvgIpc) is 1.87. The maximum Gasteiger partial charge on any atom is 0.0565 e. The molecule has 0 radical (unpaired) electrons. The van der Waals surface area contributed by atoms with Gasteiger partial charge in [-0.25, -0.2) is 0 Å². The zero-order valence-corrected chi connectivity index (χ0v) is 6.94. The summed E-state index contributed by atoms with van der Waals surface area (Å²) in [6.45, 7) is 8.61. The maximum absolute atomic E-state index is 3.32. The molecule has 0 fully saturated rings. The lowest BCUT2D eigenvalue weighted by molar-refractivity contribution is 0.234. The first-order valence-corrected chi connectivity index (χ1v) is 3.66. The van der Waals surface area contributed by atoms with Crippen LogP contribution in [0.15, 0.2) is 0 Å². The first kappa shape index (κ1) is 8.92. The summed E-state index contributed by atoms with van der Waals surface area (Å²) in [7, 11) is 2.12. The Kier molecular flexibility index (Phi) is 4.72. The van der Waals surface area contributed by atoms with E-state index in [-0.39, 0.29) is 0 Å². The monoisotopic (exact) mass is 130 g/mol. The summed E-state index contributed by atoms with van der Waals surface area (Å²) < 4.78 is 0. The predicted molar refractivity (Wildman–Crippen MR) is 41.4 cm³/mol. The number of nitrogens with one attached hydrogen (secondary N) is 1. The molecule has 1 N–H and O–H groups in total. The molecular formula is C7H18N2. The second-order valence-corrected chi connectivity index (χ2v) is 2.31. The lowest BCUT2D eigenvalue weighted by Gasteiger charge is -2.23. The minimum absolute atomic E-state index is 0.514. The van der Waals surface area contributed by atoms with Crippen molar-refractivity contribution in [3.8, 4) is 0 Å². The van der Waals surface area contributed by atoms with Crippen LogP contribution in [0, 0.1) is 0 Å². The lowest BCUT2D eigenvalue weighted by atomic mass is 10.4. The van der Waals surface area contributed by atoms with Crippen molar-refractivity contribution in [2.45, 2.75) is 26.9 Å². The predicted octanol–water partition coefficient (Wildman–Crippen LogP) is 0.894. The van der Waals surface area contributed by atoms with E-state index in [4.69, 9.17) is 0 Å². The molecule has 0 amide bonds. The molecule has 2 heteroatoms. The summed E-state index contributed by atoms with van der Waals surface area (Å²) >= 11 is 0. The molecule has 0 aromatic rings. The molecule has 0 bridgehead atoms. The van der Waals surface area contributed by atoms with Crippen molar-refractivity contribution in [3.63, 3.8) is 0 Å². The van der Waals surface area contributed by atoms with Gasteiger partial charge in [0, 0.05) is 0 Å². The van der Waals surface area contributed by atoms with Gasteiger partial charge >= 0.3 is 0 Å². The average molecular weight is 130 g/mol. The highest BCUT2D eigenvalue weighted by atomic mass is 15.2. The molecule has 0 aromatic carbocycles. The van der Waals surface area contributed by atoms with E-state index in [9.17, 15) is 0 Å². The topological polar surface area (TPSA) is 15.3 Å². The summed E-state index contributed by atoms with van der Waals surface area (Å²) in [6, 6.07) is 0. The zero-order valence-electron chi connectivity index (χ0n) is 6.94. The molecule has 0 aliphatic heterocycles. The number of hydrogen-bond acceptors (Lipinski definition) is 2. The maximum atomic E-state index is 3.32. The van der Waals surface area contributed by atoms with E-state index < -0.39 is 0 Å². The fraction of sp³-hybridized carbons (Fsp3) is 1.00. The molecule has 0 saturated carbocycles. The Bertz CT molecular complexity index is 63.9. The van der Waals surface area contributed by atoms with E-state index in [1.54, 1.807) is 0 Å². The number of rotatable bonds is 4. The minimum atomic E-state index is 0.514. The third kappa shape index (κ3) is 3.49. The van der Waals surface area contributed by atoms with Crippen molar-refractivity contribution in [2.24, 2.45) is 0 Å². The summed E-state index contributed by atoms with van der Waals surface area (Å²) in [4.78, 5) is 2.27. The standard InChI is InChI=1S/C7H18N2/c1-5-8-7(3)9(4)6-2/h7-8H,5-6H2,1-4H3/t7-/m0/s1. The van der Waals surface area contributed by atoms with Gasteiger partial charge in [-0.2, -0.15) is 0 Å². The second kappa shape index (κ2) is 4.77. The van der Waals surface area contributed by atoms with Crippen LogP contribution in [-0.4, -0.2) is 31.2 Å². The smallest absolute Gasteiger partial charge is 0.0565 e. The van der Waals surface area contributed by atoms with Crippen LogP contribution in [0.1, 0.15) is 20.8 Å². The van der Waals surface area contributed by atoms with Crippen LogP contribution in [-0.2, 0) is 0 Å². The van der Waals surface area contributed by atoms with Gasteiger partial charge in [0.2, 0.25) is 0 Å². The van der Waals surface area contributed by atoms with Crippen molar-refractivity contribution in [1.29, 1.82) is 0 Å². The van der Waals surface area contributed by atoms with Gasteiger partial charge in [0.1, 0.15) is 0 Å². The van der Waals surface area contributed by atoms with E-state index in [2.05, 4.69) is 38.0 Å². The Morgan fingerprint density at radius 2 is 2.00 bits per heavy atom. The summed E-state index contributed by atoms with van der Waals surface area (Å²) in [6.07, 6.45) is 0.514.